The van der Waals surface area contributed by atoms with Gasteiger partial charge in [-0.3, -0.25) is 0 Å². The monoisotopic (exact) mass is 286 g/mol. The van der Waals surface area contributed by atoms with Gasteiger partial charge in [-0.05, 0) is 40.8 Å². The lowest BCUT2D eigenvalue weighted by Crippen LogP contribution is -2.18. The summed E-state index contributed by atoms with van der Waals surface area (Å²) in [6, 6.07) is 1.44. The van der Waals surface area contributed by atoms with Crippen LogP contribution in [0.2, 0.25) is 0 Å². The normalized spacial score (nSPS) is 17.4. The molecule has 16 heavy (non-hydrogen) atoms. The van der Waals surface area contributed by atoms with Crippen molar-refractivity contribution in [1.82, 2.24) is 4.98 Å². The molecular weight excluding hydrogens is 271 g/mol. The Morgan fingerprint density at radius 3 is 2.81 bits per heavy atom. The second-order valence-corrected chi connectivity index (χ2v) is 5.28. The van der Waals surface area contributed by atoms with Gasteiger partial charge in [-0.15, -0.1) is 0 Å². The molecule has 0 spiro atoms. The molecule has 4 heteroatoms. The van der Waals surface area contributed by atoms with E-state index in [9.17, 15) is 4.39 Å². The van der Waals surface area contributed by atoms with Crippen molar-refractivity contribution in [3.8, 4) is 0 Å². The van der Waals surface area contributed by atoms with Crippen molar-refractivity contribution in [2.45, 2.75) is 32.1 Å². The molecule has 0 amide bonds. The van der Waals surface area contributed by atoms with Crippen LogP contribution in [-0.4, -0.2) is 11.5 Å². The lowest BCUT2D eigenvalue weighted by atomic mass is 9.89. The second-order valence-electron chi connectivity index (χ2n) is 4.37. The Labute approximate surface area is 104 Å². The van der Waals surface area contributed by atoms with Gasteiger partial charge in [0.2, 0.25) is 0 Å². The van der Waals surface area contributed by atoms with Gasteiger partial charge >= 0.3 is 0 Å². The van der Waals surface area contributed by atoms with Crippen LogP contribution in [-0.2, 0) is 0 Å². The molecule has 1 heterocycles. The number of aromatic nitrogens is 1. The van der Waals surface area contributed by atoms with Crippen LogP contribution in [0.5, 0.6) is 0 Å². The Hall–Kier alpha value is -0.640. The molecule has 0 aromatic carbocycles. The fourth-order valence-electron chi connectivity index (χ4n) is 2.18. The van der Waals surface area contributed by atoms with Gasteiger partial charge in [0, 0.05) is 17.2 Å². The van der Waals surface area contributed by atoms with E-state index < -0.39 is 0 Å². The smallest absolute Gasteiger partial charge is 0.166 e. The van der Waals surface area contributed by atoms with E-state index in [0.717, 1.165) is 6.54 Å². The SMILES string of the molecule is Fc1cc(Br)cnc1NCC1CCCCC1. The summed E-state index contributed by atoms with van der Waals surface area (Å²) in [5, 5.41) is 3.10. The molecule has 1 aliphatic rings. The van der Waals surface area contributed by atoms with Gasteiger partial charge in [0.25, 0.3) is 0 Å². The van der Waals surface area contributed by atoms with Gasteiger partial charge in [0.05, 0.1) is 0 Å². The Balaban J connectivity index is 1.88. The van der Waals surface area contributed by atoms with E-state index in [0.29, 0.717) is 16.2 Å². The van der Waals surface area contributed by atoms with E-state index in [2.05, 4.69) is 26.2 Å². The van der Waals surface area contributed by atoms with Gasteiger partial charge in [-0.25, -0.2) is 9.37 Å². The molecule has 88 valence electrons. The van der Waals surface area contributed by atoms with Crippen molar-refractivity contribution in [1.29, 1.82) is 0 Å². The van der Waals surface area contributed by atoms with Crippen molar-refractivity contribution in [3.05, 3.63) is 22.6 Å². The first kappa shape index (κ1) is 11.8. The number of anilines is 1. The zero-order chi connectivity index (χ0) is 11.4. The van der Waals surface area contributed by atoms with Crippen LogP contribution in [0.15, 0.2) is 16.7 Å². The number of hydrogen-bond donors (Lipinski definition) is 1. The number of nitrogens with one attached hydrogen (secondary N) is 1. The predicted octanol–water partition coefficient (Wildman–Crippen LogP) is 3.98. The summed E-state index contributed by atoms with van der Waals surface area (Å²) in [6.07, 6.45) is 8.09. The maximum absolute atomic E-state index is 13.4. The first-order valence-electron chi connectivity index (χ1n) is 5.80. The summed E-state index contributed by atoms with van der Waals surface area (Å²) in [5.41, 5.74) is 0. The van der Waals surface area contributed by atoms with Crippen LogP contribution in [0.25, 0.3) is 0 Å². The molecule has 0 unspecified atom stereocenters. The van der Waals surface area contributed by atoms with E-state index in [4.69, 9.17) is 0 Å². The van der Waals surface area contributed by atoms with Crippen LogP contribution in [0.3, 0.4) is 0 Å². The van der Waals surface area contributed by atoms with Gasteiger partial charge in [-0.2, -0.15) is 0 Å². The molecule has 1 N–H and O–H groups in total. The van der Waals surface area contributed by atoms with Crippen molar-refractivity contribution < 1.29 is 4.39 Å². The molecule has 0 radical (unpaired) electrons. The molecular formula is C12H16BrFN2. The third-order valence-electron chi connectivity index (χ3n) is 3.09. The fraction of sp³-hybridized carbons (Fsp3) is 0.583. The van der Waals surface area contributed by atoms with E-state index >= 15 is 0 Å². The summed E-state index contributed by atoms with van der Waals surface area (Å²) < 4.78 is 14.1. The molecule has 1 aromatic rings. The highest BCUT2D eigenvalue weighted by molar-refractivity contribution is 9.10. The molecule has 0 atom stereocenters. The number of nitrogens with zero attached hydrogens (tertiary/aromatic N) is 1. The van der Waals surface area contributed by atoms with Crippen LogP contribution in [0.1, 0.15) is 32.1 Å². The van der Waals surface area contributed by atoms with Crippen molar-refractivity contribution in [2.75, 3.05) is 11.9 Å². The first-order chi connectivity index (χ1) is 7.75. The lowest BCUT2D eigenvalue weighted by Gasteiger charge is -2.22. The third kappa shape index (κ3) is 3.17. The van der Waals surface area contributed by atoms with Crippen molar-refractivity contribution >= 4 is 21.7 Å². The van der Waals surface area contributed by atoms with E-state index in [1.165, 1.54) is 38.2 Å². The van der Waals surface area contributed by atoms with Gasteiger partial charge < -0.3 is 5.32 Å². The highest BCUT2D eigenvalue weighted by atomic mass is 79.9. The molecule has 0 bridgehead atoms. The highest BCUT2D eigenvalue weighted by Gasteiger charge is 2.14. The maximum Gasteiger partial charge on any atom is 0.166 e. The number of hydrogen-bond acceptors (Lipinski definition) is 2. The molecule has 2 nitrogen and oxygen atoms in total. The zero-order valence-corrected chi connectivity index (χ0v) is 10.8. The van der Waals surface area contributed by atoms with Crippen molar-refractivity contribution in [2.24, 2.45) is 5.92 Å². The standard InChI is InChI=1S/C12H16BrFN2/c13-10-6-11(14)12(16-8-10)15-7-9-4-2-1-3-5-9/h6,8-9H,1-5,7H2,(H,15,16). The summed E-state index contributed by atoms with van der Waals surface area (Å²) in [7, 11) is 0. The van der Waals surface area contributed by atoms with Crippen molar-refractivity contribution in [3.63, 3.8) is 0 Å². The van der Waals surface area contributed by atoms with Crippen LogP contribution in [0.4, 0.5) is 10.2 Å². The summed E-state index contributed by atoms with van der Waals surface area (Å²) in [4.78, 5) is 4.03. The summed E-state index contributed by atoms with van der Waals surface area (Å²) in [5.74, 6) is 0.762. The molecule has 1 saturated carbocycles. The minimum absolute atomic E-state index is 0.287. The lowest BCUT2D eigenvalue weighted by molar-refractivity contribution is 0.373. The Bertz CT molecular complexity index is 351. The van der Waals surface area contributed by atoms with Crippen LogP contribution >= 0.6 is 15.9 Å². The summed E-state index contributed by atoms with van der Waals surface area (Å²) >= 11 is 3.19. The quantitative estimate of drug-likeness (QED) is 0.909. The van der Waals surface area contributed by atoms with Gasteiger partial charge in [-0.1, -0.05) is 19.3 Å². The number of rotatable bonds is 3. The molecule has 1 aliphatic carbocycles. The average molecular weight is 287 g/mol. The minimum atomic E-state index is -0.287. The van der Waals surface area contributed by atoms with E-state index in [-0.39, 0.29) is 5.82 Å². The maximum atomic E-state index is 13.4. The topological polar surface area (TPSA) is 24.9 Å². The number of halogens is 2. The Morgan fingerprint density at radius 2 is 2.12 bits per heavy atom. The molecule has 0 saturated heterocycles. The highest BCUT2D eigenvalue weighted by Crippen LogP contribution is 2.24. The molecule has 0 aliphatic heterocycles. The molecule has 2 rings (SSSR count). The third-order valence-corrected chi connectivity index (χ3v) is 3.52. The molecule has 1 aromatic heterocycles. The molecule has 1 fully saturated rings. The van der Waals surface area contributed by atoms with Gasteiger partial charge in [0.1, 0.15) is 0 Å². The van der Waals surface area contributed by atoms with Gasteiger partial charge in [0.15, 0.2) is 11.6 Å². The zero-order valence-electron chi connectivity index (χ0n) is 9.18. The van der Waals surface area contributed by atoms with E-state index in [1.807, 2.05) is 0 Å². The Kier molecular flexibility index (Phi) is 4.16. The first-order valence-corrected chi connectivity index (χ1v) is 6.60. The summed E-state index contributed by atoms with van der Waals surface area (Å²) in [6.45, 7) is 0.839. The largest absolute Gasteiger partial charge is 0.367 e. The predicted molar refractivity (Wildman–Crippen MR) is 67.0 cm³/mol. The van der Waals surface area contributed by atoms with E-state index in [1.54, 1.807) is 6.20 Å². The average Bonchev–Trinajstić information content (AvgIpc) is 2.29. The van der Waals surface area contributed by atoms with Crippen LogP contribution in [0, 0.1) is 11.7 Å². The Morgan fingerprint density at radius 1 is 1.38 bits per heavy atom. The van der Waals surface area contributed by atoms with Crippen LogP contribution < -0.4 is 5.32 Å². The minimum Gasteiger partial charge on any atom is -0.367 e. The second kappa shape index (κ2) is 5.62. The fourth-order valence-corrected chi connectivity index (χ4v) is 2.48. The number of pyridine rings is 1.